The Morgan fingerprint density at radius 1 is 1.05 bits per heavy atom. The monoisotopic (exact) mass is 291 g/mol. The van der Waals surface area contributed by atoms with Crippen molar-refractivity contribution in [1.82, 2.24) is 5.48 Å². The molecule has 0 radical (unpaired) electrons. The Morgan fingerprint density at radius 2 is 1.80 bits per heavy atom. The van der Waals surface area contributed by atoms with Gasteiger partial charge in [0.2, 0.25) is 0 Å². The van der Waals surface area contributed by atoms with E-state index in [0.717, 1.165) is 11.3 Å². The highest BCUT2D eigenvalue weighted by molar-refractivity contribution is 6.31. The van der Waals surface area contributed by atoms with E-state index in [1.165, 1.54) is 0 Å². The van der Waals surface area contributed by atoms with E-state index in [-0.39, 0.29) is 6.04 Å². The lowest BCUT2D eigenvalue weighted by Crippen LogP contribution is -2.22. The number of hydroxylamine groups is 1. The van der Waals surface area contributed by atoms with Gasteiger partial charge in [0.05, 0.1) is 6.61 Å². The minimum Gasteiger partial charge on any atom is -0.457 e. The summed E-state index contributed by atoms with van der Waals surface area (Å²) in [6.45, 7) is 4.44. The van der Waals surface area contributed by atoms with Crippen molar-refractivity contribution in [2.24, 2.45) is 0 Å². The SMILES string of the molecule is CC(C)NOCc1ccc(Oc2ccccc2)cc1Cl. The molecule has 0 bridgehead atoms. The van der Waals surface area contributed by atoms with Crippen molar-refractivity contribution < 1.29 is 9.57 Å². The summed E-state index contributed by atoms with van der Waals surface area (Å²) in [4.78, 5) is 5.34. The molecule has 0 spiro atoms. The molecule has 2 aromatic rings. The topological polar surface area (TPSA) is 30.5 Å². The average molecular weight is 292 g/mol. The van der Waals surface area contributed by atoms with Crippen LogP contribution in [0, 0.1) is 0 Å². The van der Waals surface area contributed by atoms with Crippen LogP contribution in [0.4, 0.5) is 0 Å². The van der Waals surface area contributed by atoms with Crippen LogP contribution in [0.15, 0.2) is 48.5 Å². The normalized spacial score (nSPS) is 10.8. The van der Waals surface area contributed by atoms with E-state index in [2.05, 4.69) is 5.48 Å². The van der Waals surface area contributed by atoms with Gasteiger partial charge in [-0.05, 0) is 43.7 Å². The lowest BCUT2D eigenvalue weighted by Gasteiger charge is -2.11. The van der Waals surface area contributed by atoms with Crippen LogP contribution < -0.4 is 10.2 Å². The summed E-state index contributed by atoms with van der Waals surface area (Å²) in [5, 5.41) is 0.629. The average Bonchev–Trinajstić information content (AvgIpc) is 2.42. The Bertz CT molecular complexity index is 543. The molecule has 3 nitrogen and oxygen atoms in total. The molecule has 0 saturated carbocycles. The molecular formula is C16H18ClNO2. The molecule has 0 heterocycles. The first-order chi connectivity index (χ1) is 9.65. The second kappa shape index (κ2) is 7.29. The third-order valence-corrected chi connectivity index (χ3v) is 2.90. The first-order valence-electron chi connectivity index (χ1n) is 6.54. The molecule has 0 aromatic heterocycles. The van der Waals surface area contributed by atoms with Gasteiger partial charge in [0, 0.05) is 11.1 Å². The highest BCUT2D eigenvalue weighted by Gasteiger charge is 2.04. The number of nitrogens with one attached hydrogen (secondary N) is 1. The van der Waals surface area contributed by atoms with E-state index < -0.39 is 0 Å². The molecule has 0 aliphatic heterocycles. The van der Waals surface area contributed by atoms with Crippen molar-refractivity contribution in [1.29, 1.82) is 0 Å². The Hall–Kier alpha value is -1.55. The summed E-state index contributed by atoms with van der Waals surface area (Å²) in [5.41, 5.74) is 3.80. The number of hydrogen-bond acceptors (Lipinski definition) is 3. The number of rotatable bonds is 6. The molecule has 0 amide bonds. The lowest BCUT2D eigenvalue weighted by molar-refractivity contribution is 0.0114. The van der Waals surface area contributed by atoms with E-state index in [1.807, 2.05) is 56.3 Å². The number of benzene rings is 2. The van der Waals surface area contributed by atoms with Crippen LogP contribution in [0.1, 0.15) is 19.4 Å². The molecule has 20 heavy (non-hydrogen) atoms. The standard InChI is InChI=1S/C16H18ClNO2/c1-12(2)18-19-11-13-8-9-15(10-16(13)17)20-14-6-4-3-5-7-14/h3-10,12,18H,11H2,1-2H3. The molecular weight excluding hydrogens is 274 g/mol. The van der Waals surface area contributed by atoms with Crippen molar-refractivity contribution in [3.8, 4) is 11.5 Å². The maximum Gasteiger partial charge on any atom is 0.128 e. The van der Waals surface area contributed by atoms with Crippen molar-refractivity contribution in [2.45, 2.75) is 26.5 Å². The van der Waals surface area contributed by atoms with Crippen LogP contribution in [0.5, 0.6) is 11.5 Å². The number of hydrogen-bond donors (Lipinski definition) is 1. The zero-order valence-electron chi connectivity index (χ0n) is 11.6. The van der Waals surface area contributed by atoms with E-state index in [4.69, 9.17) is 21.2 Å². The second-order valence-corrected chi connectivity index (χ2v) is 5.14. The first-order valence-corrected chi connectivity index (χ1v) is 6.91. The van der Waals surface area contributed by atoms with Crippen LogP contribution in [-0.2, 0) is 11.4 Å². The third kappa shape index (κ3) is 4.53. The summed E-state index contributed by atoms with van der Waals surface area (Å²) in [6, 6.07) is 15.5. The Morgan fingerprint density at radius 3 is 2.45 bits per heavy atom. The second-order valence-electron chi connectivity index (χ2n) is 4.73. The molecule has 0 unspecified atom stereocenters. The van der Waals surface area contributed by atoms with Gasteiger partial charge in [-0.1, -0.05) is 35.9 Å². The summed E-state index contributed by atoms with van der Waals surface area (Å²) in [7, 11) is 0. The maximum atomic E-state index is 6.22. The maximum absolute atomic E-state index is 6.22. The Labute approximate surface area is 124 Å². The molecule has 2 rings (SSSR count). The van der Waals surface area contributed by atoms with Gasteiger partial charge in [-0.3, -0.25) is 4.84 Å². The van der Waals surface area contributed by atoms with Gasteiger partial charge >= 0.3 is 0 Å². The van der Waals surface area contributed by atoms with Gasteiger partial charge in [-0.2, -0.15) is 5.48 Å². The molecule has 1 N–H and O–H groups in total. The zero-order chi connectivity index (χ0) is 14.4. The fourth-order valence-corrected chi connectivity index (χ4v) is 1.84. The highest BCUT2D eigenvalue weighted by Crippen LogP contribution is 2.27. The van der Waals surface area contributed by atoms with Crippen LogP contribution in [0.3, 0.4) is 0 Å². The van der Waals surface area contributed by atoms with Gasteiger partial charge < -0.3 is 4.74 Å². The minimum absolute atomic E-state index is 0.273. The molecule has 0 saturated heterocycles. The lowest BCUT2D eigenvalue weighted by atomic mass is 10.2. The highest BCUT2D eigenvalue weighted by atomic mass is 35.5. The molecule has 4 heteroatoms. The Balaban J connectivity index is 1.98. The molecule has 0 atom stereocenters. The summed E-state index contributed by atoms with van der Waals surface area (Å²) in [6.07, 6.45) is 0. The number of para-hydroxylation sites is 1. The van der Waals surface area contributed by atoms with E-state index in [9.17, 15) is 0 Å². The van der Waals surface area contributed by atoms with Crippen molar-refractivity contribution >= 4 is 11.6 Å². The van der Waals surface area contributed by atoms with E-state index in [1.54, 1.807) is 6.07 Å². The number of ether oxygens (including phenoxy) is 1. The third-order valence-electron chi connectivity index (χ3n) is 2.55. The van der Waals surface area contributed by atoms with E-state index in [0.29, 0.717) is 17.4 Å². The molecule has 106 valence electrons. The fourth-order valence-electron chi connectivity index (χ4n) is 1.62. The van der Waals surface area contributed by atoms with Gasteiger partial charge in [0.15, 0.2) is 0 Å². The van der Waals surface area contributed by atoms with Gasteiger partial charge in [-0.25, -0.2) is 0 Å². The quantitative estimate of drug-likeness (QED) is 0.791. The smallest absolute Gasteiger partial charge is 0.128 e. The van der Waals surface area contributed by atoms with Gasteiger partial charge in [-0.15, -0.1) is 0 Å². The molecule has 0 fully saturated rings. The minimum atomic E-state index is 0.273. The van der Waals surface area contributed by atoms with Crippen molar-refractivity contribution in [3.05, 3.63) is 59.1 Å². The van der Waals surface area contributed by atoms with Crippen LogP contribution >= 0.6 is 11.6 Å². The fraction of sp³-hybridized carbons (Fsp3) is 0.250. The summed E-state index contributed by atoms with van der Waals surface area (Å²) < 4.78 is 5.72. The summed E-state index contributed by atoms with van der Waals surface area (Å²) >= 11 is 6.22. The number of halogens is 1. The predicted octanol–water partition coefficient (Wildman–Crippen LogP) is 4.56. The van der Waals surface area contributed by atoms with Crippen molar-refractivity contribution in [3.63, 3.8) is 0 Å². The van der Waals surface area contributed by atoms with Crippen LogP contribution in [0.2, 0.25) is 5.02 Å². The molecule has 0 aliphatic carbocycles. The van der Waals surface area contributed by atoms with Gasteiger partial charge in [0.25, 0.3) is 0 Å². The van der Waals surface area contributed by atoms with Gasteiger partial charge in [0.1, 0.15) is 11.5 Å². The first kappa shape index (κ1) is 14.9. The molecule has 0 aliphatic rings. The van der Waals surface area contributed by atoms with Crippen LogP contribution in [-0.4, -0.2) is 6.04 Å². The van der Waals surface area contributed by atoms with Crippen molar-refractivity contribution in [2.75, 3.05) is 0 Å². The largest absolute Gasteiger partial charge is 0.457 e. The zero-order valence-corrected chi connectivity index (χ0v) is 12.4. The predicted molar refractivity (Wildman–Crippen MR) is 81.0 cm³/mol. The summed E-state index contributed by atoms with van der Waals surface area (Å²) in [5.74, 6) is 1.50. The Kier molecular flexibility index (Phi) is 5.41. The van der Waals surface area contributed by atoms with E-state index >= 15 is 0 Å². The van der Waals surface area contributed by atoms with Crippen LogP contribution in [0.25, 0.3) is 0 Å². The molecule has 2 aromatic carbocycles.